The number of nitrogens with one attached hydrogen (secondary N) is 1. The number of anilines is 1. The highest BCUT2D eigenvalue weighted by Gasteiger charge is 2.39. The molecule has 3 rings (SSSR count). The molecule has 0 radical (unpaired) electrons. The second-order valence-electron chi connectivity index (χ2n) is 5.95. The number of sulfonamides is 1. The zero-order valence-electron chi connectivity index (χ0n) is 14.2. The van der Waals surface area contributed by atoms with Crippen LogP contribution in [0.1, 0.15) is 12.8 Å². The average Bonchev–Trinajstić information content (AvgIpc) is 3.13. The first-order chi connectivity index (χ1) is 12.4. The molecule has 1 fully saturated rings. The minimum Gasteiger partial charge on any atom is -0.497 e. The fraction of sp³-hybridized carbons (Fsp3) is 0.278. The Morgan fingerprint density at radius 3 is 2.42 bits per heavy atom. The molecule has 1 amide bonds. The summed E-state index contributed by atoms with van der Waals surface area (Å²) in [6.45, 7) is 0.250. The van der Waals surface area contributed by atoms with Crippen molar-refractivity contribution >= 4 is 21.6 Å². The lowest BCUT2D eigenvalue weighted by atomic mass is 10.2. The third-order valence-electron chi connectivity index (χ3n) is 4.28. The lowest BCUT2D eigenvalue weighted by molar-refractivity contribution is -0.119. The Balaban J connectivity index is 1.78. The SMILES string of the molecule is COc1ccc(NC(=O)[C@@H]2CCCN2S(=O)(=O)c2ccc(F)cc2)cc1. The zero-order chi connectivity index (χ0) is 18.7. The lowest BCUT2D eigenvalue weighted by Gasteiger charge is -2.23. The molecule has 0 bridgehead atoms. The quantitative estimate of drug-likeness (QED) is 0.868. The average molecular weight is 378 g/mol. The first-order valence-electron chi connectivity index (χ1n) is 8.14. The van der Waals surface area contributed by atoms with Gasteiger partial charge in [-0.3, -0.25) is 4.79 Å². The van der Waals surface area contributed by atoms with Gasteiger partial charge in [-0.15, -0.1) is 0 Å². The van der Waals surface area contributed by atoms with E-state index in [0.29, 0.717) is 24.3 Å². The van der Waals surface area contributed by atoms with Crippen LogP contribution < -0.4 is 10.1 Å². The summed E-state index contributed by atoms with van der Waals surface area (Å²) in [7, 11) is -2.32. The number of hydrogen-bond acceptors (Lipinski definition) is 4. The van der Waals surface area contributed by atoms with E-state index < -0.39 is 27.8 Å². The van der Waals surface area contributed by atoms with E-state index in [1.165, 1.54) is 16.4 Å². The van der Waals surface area contributed by atoms with E-state index in [9.17, 15) is 17.6 Å². The van der Waals surface area contributed by atoms with Gasteiger partial charge in [-0.25, -0.2) is 12.8 Å². The molecular weight excluding hydrogens is 359 g/mol. The maximum Gasteiger partial charge on any atom is 0.243 e. The van der Waals surface area contributed by atoms with E-state index in [2.05, 4.69) is 5.32 Å². The van der Waals surface area contributed by atoms with E-state index >= 15 is 0 Å². The van der Waals surface area contributed by atoms with Crippen LogP contribution >= 0.6 is 0 Å². The van der Waals surface area contributed by atoms with E-state index in [1.807, 2.05) is 0 Å². The largest absolute Gasteiger partial charge is 0.497 e. The van der Waals surface area contributed by atoms with Crippen LogP contribution in [0.3, 0.4) is 0 Å². The van der Waals surface area contributed by atoms with Gasteiger partial charge in [0.15, 0.2) is 0 Å². The summed E-state index contributed by atoms with van der Waals surface area (Å²) in [5.74, 6) is -0.248. The van der Waals surface area contributed by atoms with Crippen LogP contribution in [0.25, 0.3) is 0 Å². The van der Waals surface area contributed by atoms with Gasteiger partial charge in [0.1, 0.15) is 17.6 Å². The molecule has 2 aromatic rings. The van der Waals surface area contributed by atoms with Crippen LogP contribution in [-0.2, 0) is 14.8 Å². The van der Waals surface area contributed by atoms with Gasteiger partial charge < -0.3 is 10.1 Å². The molecule has 1 saturated heterocycles. The highest BCUT2D eigenvalue weighted by atomic mass is 32.2. The minimum atomic E-state index is -3.87. The maximum absolute atomic E-state index is 13.1. The second kappa shape index (κ2) is 7.43. The Morgan fingerprint density at radius 1 is 1.15 bits per heavy atom. The van der Waals surface area contributed by atoms with E-state index in [1.54, 1.807) is 31.4 Å². The number of carbonyl (C=O) groups is 1. The normalized spacial score (nSPS) is 17.8. The van der Waals surface area contributed by atoms with Crippen LogP contribution in [0, 0.1) is 5.82 Å². The van der Waals surface area contributed by atoms with Crippen LogP contribution in [0.4, 0.5) is 10.1 Å². The molecule has 1 N–H and O–H groups in total. The van der Waals surface area contributed by atoms with Gasteiger partial charge in [-0.2, -0.15) is 4.31 Å². The lowest BCUT2D eigenvalue weighted by Crippen LogP contribution is -2.43. The molecule has 8 heteroatoms. The highest BCUT2D eigenvalue weighted by molar-refractivity contribution is 7.89. The van der Waals surface area contributed by atoms with Gasteiger partial charge in [-0.05, 0) is 61.4 Å². The smallest absolute Gasteiger partial charge is 0.243 e. The fourth-order valence-electron chi connectivity index (χ4n) is 2.93. The van der Waals surface area contributed by atoms with Gasteiger partial charge in [0, 0.05) is 12.2 Å². The minimum absolute atomic E-state index is 0.0250. The van der Waals surface area contributed by atoms with Crippen LogP contribution in [0.2, 0.25) is 0 Å². The van der Waals surface area contributed by atoms with Crippen molar-refractivity contribution in [2.75, 3.05) is 19.0 Å². The molecule has 2 aromatic carbocycles. The molecule has 1 heterocycles. The van der Waals surface area contributed by atoms with Gasteiger partial charge >= 0.3 is 0 Å². The summed E-state index contributed by atoms with van der Waals surface area (Å²) < 4.78 is 44.9. The maximum atomic E-state index is 13.1. The number of methoxy groups -OCH3 is 1. The Hall–Kier alpha value is -2.45. The third kappa shape index (κ3) is 3.71. The van der Waals surface area contributed by atoms with Crippen molar-refractivity contribution in [3.05, 3.63) is 54.3 Å². The van der Waals surface area contributed by atoms with E-state index in [0.717, 1.165) is 12.1 Å². The molecule has 1 aliphatic rings. The Labute approximate surface area is 151 Å². The number of amides is 1. The molecule has 1 atom stereocenters. The predicted octanol–water partition coefficient (Wildman–Crippen LogP) is 2.63. The van der Waals surface area contributed by atoms with Crippen LogP contribution in [-0.4, -0.2) is 38.3 Å². The van der Waals surface area contributed by atoms with E-state index in [-0.39, 0.29) is 11.4 Å². The van der Waals surface area contributed by atoms with Crippen molar-refractivity contribution < 1.29 is 22.3 Å². The Kier molecular flexibility index (Phi) is 5.24. The van der Waals surface area contributed by atoms with Gasteiger partial charge in [0.2, 0.25) is 15.9 Å². The monoisotopic (exact) mass is 378 g/mol. The number of ether oxygens (including phenoxy) is 1. The Morgan fingerprint density at radius 2 is 1.81 bits per heavy atom. The molecule has 26 heavy (non-hydrogen) atoms. The molecule has 0 unspecified atom stereocenters. The van der Waals surface area contributed by atoms with Crippen molar-refractivity contribution in [2.45, 2.75) is 23.8 Å². The summed E-state index contributed by atoms with van der Waals surface area (Å²) in [5, 5.41) is 2.74. The van der Waals surface area contributed by atoms with Crippen molar-refractivity contribution in [1.82, 2.24) is 4.31 Å². The summed E-state index contributed by atoms with van der Waals surface area (Å²) in [6, 6.07) is 10.6. The third-order valence-corrected chi connectivity index (χ3v) is 6.21. The second-order valence-corrected chi connectivity index (χ2v) is 7.84. The number of hydrogen-bond donors (Lipinski definition) is 1. The predicted molar refractivity (Wildman–Crippen MR) is 94.9 cm³/mol. The van der Waals surface area contributed by atoms with Crippen molar-refractivity contribution in [2.24, 2.45) is 0 Å². The molecule has 6 nitrogen and oxygen atoms in total. The summed E-state index contributed by atoms with van der Waals surface area (Å²) in [5.41, 5.74) is 0.557. The molecule has 0 spiro atoms. The van der Waals surface area contributed by atoms with Gasteiger partial charge in [-0.1, -0.05) is 0 Å². The molecule has 1 aliphatic heterocycles. The fourth-order valence-corrected chi connectivity index (χ4v) is 4.59. The highest BCUT2D eigenvalue weighted by Crippen LogP contribution is 2.27. The zero-order valence-corrected chi connectivity index (χ0v) is 15.0. The number of carbonyl (C=O) groups excluding carboxylic acids is 1. The number of benzene rings is 2. The van der Waals surface area contributed by atoms with E-state index in [4.69, 9.17) is 4.74 Å². The Bertz CT molecular complexity index is 882. The number of halogens is 1. The van der Waals surface area contributed by atoms with Gasteiger partial charge in [0.05, 0.1) is 12.0 Å². The van der Waals surface area contributed by atoms with Crippen molar-refractivity contribution in [3.8, 4) is 5.75 Å². The molecular formula is C18H19FN2O4S. The van der Waals surface area contributed by atoms with Crippen molar-refractivity contribution in [1.29, 1.82) is 0 Å². The number of rotatable bonds is 5. The first-order valence-corrected chi connectivity index (χ1v) is 9.58. The first kappa shape index (κ1) is 18.3. The van der Waals surface area contributed by atoms with Crippen molar-refractivity contribution in [3.63, 3.8) is 0 Å². The standard InChI is InChI=1S/C18H19FN2O4S/c1-25-15-8-6-14(7-9-15)20-18(22)17-3-2-12-21(17)26(23,24)16-10-4-13(19)5-11-16/h4-11,17H,2-3,12H2,1H3,(H,20,22)/t17-/m0/s1. The topological polar surface area (TPSA) is 75.7 Å². The van der Waals surface area contributed by atoms with Crippen LogP contribution in [0.15, 0.2) is 53.4 Å². The molecule has 0 saturated carbocycles. The van der Waals surface area contributed by atoms with Crippen LogP contribution in [0.5, 0.6) is 5.75 Å². The molecule has 138 valence electrons. The summed E-state index contributed by atoms with van der Waals surface area (Å²) in [6.07, 6.45) is 1.02. The molecule has 0 aliphatic carbocycles. The summed E-state index contributed by atoms with van der Waals surface area (Å²) >= 11 is 0. The van der Waals surface area contributed by atoms with Gasteiger partial charge in [0.25, 0.3) is 0 Å². The molecule has 0 aromatic heterocycles. The summed E-state index contributed by atoms with van der Waals surface area (Å²) in [4.78, 5) is 12.6. The number of nitrogens with zero attached hydrogens (tertiary/aromatic N) is 1.